The third kappa shape index (κ3) is 8.34. The molecule has 0 unspecified atom stereocenters. The highest BCUT2D eigenvalue weighted by Crippen LogP contribution is 2.33. The quantitative estimate of drug-likeness (QED) is 0.429. The molecule has 3 fully saturated rings. The van der Waals surface area contributed by atoms with E-state index in [1.54, 1.807) is 19.2 Å². The summed E-state index contributed by atoms with van der Waals surface area (Å²) in [5.41, 5.74) is 1.87. The van der Waals surface area contributed by atoms with Crippen LogP contribution in [0.15, 0.2) is 30.6 Å². The smallest absolute Gasteiger partial charge is 0.406 e. The highest BCUT2D eigenvalue weighted by Gasteiger charge is 2.33. The van der Waals surface area contributed by atoms with E-state index in [9.17, 15) is 18.0 Å². The lowest BCUT2D eigenvalue weighted by Crippen LogP contribution is -2.54. The predicted molar refractivity (Wildman–Crippen MR) is 152 cm³/mol. The van der Waals surface area contributed by atoms with Crippen LogP contribution in [0.5, 0.6) is 5.75 Å². The number of ether oxygens (including phenoxy) is 4. The second-order valence-electron chi connectivity index (χ2n) is 11.3. The number of nitrogens with one attached hydrogen (secondary N) is 2. The van der Waals surface area contributed by atoms with Crippen LogP contribution in [0.25, 0.3) is 0 Å². The largest absolute Gasteiger partial charge is 0.573 e. The minimum absolute atomic E-state index is 0.0428. The van der Waals surface area contributed by atoms with Gasteiger partial charge in [0.05, 0.1) is 24.9 Å². The number of carbonyl (C=O) groups is 1. The first-order chi connectivity index (χ1) is 20.7. The normalized spacial score (nSPS) is 25.4. The number of anilines is 1. The number of nitrogens with zero attached hydrogens (tertiary/aromatic N) is 3. The standard InChI is InChI=1S/C30H40F3N5O5/c1-19-27(29(39)38-13-10-21(11-14-38)37-24-12-15-41-17-26(24)40-2)35-18-36-28(19)34-16-23-4-3-5-25(42-23)20-6-8-22(9-7-20)43-30(31,32)33/h6-9,18,21,23-26,37H,3-5,10-17H2,1-2H3,(H,34,35,36)/t23-,24+,25+,26-/m1/s1. The van der Waals surface area contributed by atoms with E-state index in [2.05, 4.69) is 25.3 Å². The lowest BCUT2D eigenvalue weighted by Gasteiger charge is -2.38. The van der Waals surface area contributed by atoms with Gasteiger partial charge in [0.1, 0.15) is 23.6 Å². The van der Waals surface area contributed by atoms with Crippen molar-refractivity contribution in [2.24, 2.45) is 0 Å². The zero-order valence-electron chi connectivity index (χ0n) is 24.6. The van der Waals surface area contributed by atoms with Crippen LogP contribution < -0.4 is 15.4 Å². The molecule has 3 aliphatic heterocycles. The third-order valence-electron chi connectivity index (χ3n) is 8.46. The maximum Gasteiger partial charge on any atom is 0.573 e. The molecule has 4 heterocycles. The summed E-state index contributed by atoms with van der Waals surface area (Å²) in [4.78, 5) is 24.0. The van der Waals surface area contributed by atoms with Crippen molar-refractivity contribution in [3.05, 3.63) is 47.4 Å². The lowest BCUT2D eigenvalue weighted by molar-refractivity contribution is -0.274. The second-order valence-corrected chi connectivity index (χ2v) is 11.3. The molecule has 0 aliphatic carbocycles. The molecule has 10 nitrogen and oxygen atoms in total. The van der Waals surface area contributed by atoms with Crippen LogP contribution in [-0.4, -0.2) is 91.4 Å². The molecule has 1 aromatic heterocycles. The van der Waals surface area contributed by atoms with Gasteiger partial charge < -0.3 is 34.5 Å². The number of amides is 1. The maximum atomic E-state index is 13.4. The van der Waals surface area contributed by atoms with E-state index in [1.807, 2.05) is 11.8 Å². The first-order valence-electron chi connectivity index (χ1n) is 14.9. The highest BCUT2D eigenvalue weighted by atomic mass is 19.4. The average Bonchev–Trinajstić information content (AvgIpc) is 3.01. The molecule has 0 radical (unpaired) electrons. The van der Waals surface area contributed by atoms with Gasteiger partial charge in [0.2, 0.25) is 0 Å². The Morgan fingerprint density at radius 2 is 1.86 bits per heavy atom. The number of hydrogen-bond donors (Lipinski definition) is 2. The molecule has 1 aromatic carbocycles. The average molecular weight is 608 g/mol. The zero-order valence-corrected chi connectivity index (χ0v) is 24.6. The Bertz CT molecular complexity index is 1210. The van der Waals surface area contributed by atoms with Gasteiger partial charge in [0.25, 0.3) is 5.91 Å². The van der Waals surface area contributed by atoms with Gasteiger partial charge >= 0.3 is 6.36 Å². The number of benzene rings is 1. The summed E-state index contributed by atoms with van der Waals surface area (Å²) in [6.07, 6.45) is 1.50. The molecule has 3 saturated heterocycles. The minimum atomic E-state index is -4.73. The third-order valence-corrected chi connectivity index (χ3v) is 8.46. The van der Waals surface area contributed by atoms with Gasteiger partial charge in [0, 0.05) is 51.0 Å². The van der Waals surface area contributed by atoms with Crippen molar-refractivity contribution in [1.82, 2.24) is 20.2 Å². The Labute approximate surface area is 249 Å². The van der Waals surface area contributed by atoms with E-state index in [4.69, 9.17) is 14.2 Å². The van der Waals surface area contributed by atoms with Crippen molar-refractivity contribution < 1.29 is 36.9 Å². The number of aromatic nitrogens is 2. The van der Waals surface area contributed by atoms with E-state index in [0.717, 1.165) is 50.7 Å². The van der Waals surface area contributed by atoms with Gasteiger partial charge in [-0.15, -0.1) is 13.2 Å². The topological polar surface area (TPSA) is 107 Å². The summed E-state index contributed by atoms with van der Waals surface area (Å²) in [5, 5.41) is 7.04. The summed E-state index contributed by atoms with van der Waals surface area (Å²) in [6.45, 7) is 4.93. The fraction of sp³-hybridized carbons (Fsp3) is 0.633. The summed E-state index contributed by atoms with van der Waals surface area (Å²) in [5.74, 6) is 0.222. The number of halogens is 3. The van der Waals surface area contributed by atoms with Gasteiger partial charge in [-0.25, -0.2) is 9.97 Å². The number of likely N-dealkylation sites (tertiary alicyclic amines) is 1. The highest BCUT2D eigenvalue weighted by molar-refractivity contribution is 5.94. The number of hydrogen-bond acceptors (Lipinski definition) is 9. The summed E-state index contributed by atoms with van der Waals surface area (Å²) in [6, 6.07) is 6.39. The van der Waals surface area contributed by atoms with Gasteiger partial charge in [0.15, 0.2) is 0 Å². The Hall–Kier alpha value is -3.00. The van der Waals surface area contributed by atoms with E-state index >= 15 is 0 Å². The Morgan fingerprint density at radius 3 is 2.58 bits per heavy atom. The molecule has 4 atom stereocenters. The van der Waals surface area contributed by atoms with E-state index < -0.39 is 6.36 Å². The number of carbonyl (C=O) groups excluding carboxylic acids is 1. The predicted octanol–water partition coefficient (Wildman–Crippen LogP) is 4.40. The number of methoxy groups -OCH3 is 1. The van der Waals surface area contributed by atoms with Crippen molar-refractivity contribution >= 4 is 11.7 Å². The molecule has 5 rings (SSSR count). The van der Waals surface area contributed by atoms with Crippen molar-refractivity contribution in [2.45, 2.75) is 82.2 Å². The van der Waals surface area contributed by atoms with Crippen LogP contribution in [0.4, 0.5) is 19.0 Å². The second kappa shape index (κ2) is 14.2. The lowest BCUT2D eigenvalue weighted by atomic mass is 9.98. The monoisotopic (exact) mass is 607 g/mol. The summed E-state index contributed by atoms with van der Waals surface area (Å²) < 4.78 is 58.8. The van der Waals surface area contributed by atoms with Crippen molar-refractivity contribution in [3.63, 3.8) is 0 Å². The zero-order chi connectivity index (χ0) is 30.4. The minimum Gasteiger partial charge on any atom is -0.406 e. The number of piperidine rings is 1. The number of alkyl halides is 3. The van der Waals surface area contributed by atoms with E-state index in [0.29, 0.717) is 49.4 Å². The number of rotatable bonds is 9. The Kier molecular flexibility index (Phi) is 10.4. The molecule has 2 aromatic rings. The Balaban J connectivity index is 1.12. The van der Waals surface area contributed by atoms with Gasteiger partial charge in [-0.1, -0.05) is 12.1 Å². The van der Waals surface area contributed by atoms with Crippen LogP contribution in [0, 0.1) is 6.92 Å². The molecular weight excluding hydrogens is 567 g/mol. The Morgan fingerprint density at radius 1 is 1.09 bits per heavy atom. The van der Waals surface area contributed by atoms with Crippen LogP contribution in [0.2, 0.25) is 0 Å². The molecule has 43 heavy (non-hydrogen) atoms. The summed E-state index contributed by atoms with van der Waals surface area (Å²) in [7, 11) is 1.71. The molecule has 2 N–H and O–H groups in total. The van der Waals surface area contributed by atoms with Gasteiger partial charge in [-0.3, -0.25) is 4.79 Å². The van der Waals surface area contributed by atoms with Crippen LogP contribution in [0.3, 0.4) is 0 Å². The SMILES string of the molecule is CO[C@@H]1COCC[C@@H]1NC1CCN(C(=O)c2ncnc(NC[C@H]3CCC[C@@H](c4ccc(OC(F)(F)F)cc4)O3)c2C)CC1. The van der Waals surface area contributed by atoms with Crippen LogP contribution in [-0.2, 0) is 14.2 Å². The van der Waals surface area contributed by atoms with Crippen LogP contribution >= 0.6 is 0 Å². The fourth-order valence-electron chi connectivity index (χ4n) is 6.07. The molecule has 13 heteroatoms. The van der Waals surface area contributed by atoms with E-state index in [-0.39, 0.29) is 36.0 Å². The van der Waals surface area contributed by atoms with Gasteiger partial charge in [-0.05, 0) is 63.1 Å². The molecule has 236 valence electrons. The molecular formula is C30H40F3N5O5. The van der Waals surface area contributed by atoms with Crippen molar-refractivity contribution in [2.75, 3.05) is 45.3 Å². The van der Waals surface area contributed by atoms with Crippen molar-refractivity contribution in [1.29, 1.82) is 0 Å². The molecule has 0 spiro atoms. The summed E-state index contributed by atoms with van der Waals surface area (Å²) >= 11 is 0. The first kappa shape index (κ1) is 31.4. The van der Waals surface area contributed by atoms with E-state index in [1.165, 1.54) is 18.5 Å². The van der Waals surface area contributed by atoms with Crippen molar-refractivity contribution in [3.8, 4) is 5.75 Å². The molecule has 1 amide bonds. The molecule has 0 bridgehead atoms. The van der Waals surface area contributed by atoms with Crippen LogP contribution in [0.1, 0.15) is 66.2 Å². The first-order valence-corrected chi connectivity index (χ1v) is 14.9. The molecule has 3 aliphatic rings. The molecule has 0 saturated carbocycles. The maximum absolute atomic E-state index is 13.4. The fourth-order valence-corrected chi connectivity index (χ4v) is 6.07. The van der Waals surface area contributed by atoms with Gasteiger partial charge in [-0.2, -0.15) is 0 Å².